The quantitative estimate of drug-likeness (QED) is 0.756. The van der Waals surface area contributed by atoms with Crippen molar-refractivity contribution in [3.8, 4) is 0 Å². The van der Waals surface area contributed by atoms with Crippen molar-refractivity contribution in [2.45, 2.75) is 40.5 Å². The standard InChI is InChI=1S/C14H23NO4S/c1-11-12(8-10-18-20(5,16)17)15-13(19-11)7-6-9-14(2,3)4/h6-7H,8-10H2,1-5H3/b7-6+. The molecule has 1 heterocycles. The van der Waals surface area contributed by atoms with E-state index in [4.69, 9.17) is 8.60 Å². The van der Waals surface area contributed by atoms with Gasteiger partial charge in [-0.25, -0.2) is 4.98 Å². The van der Waals surface area contributed by atoms with Gasteiger partial charge in [0.2, 0.25) is 5.89 Å². The zero-order valence-electron chi connectivity index (χ0n) is 12.8. The second kappa shape index (κ2) is 6.54. The van der Waals surface area contributed by atoms with Crippen molar-refractivity contribution in [1.29, 1.82) is 0 Å². The highest BCUT2D eigenvalue weighted by Crippen LogP contribution is 2.20. The molecule has 6 heteroatoms. The highest BCUT2D eigenvalue weighted by molar-refractivity contribution is 7.85. The molecule has 0 spiro atoms. The van der Waals surface area contributed by atoms with Crippen molar-refractivity contribution >= 4 is 16.2 Å². The predicted octanol–water partition coefficient (Wildman–Crippen LogP) is 2.95. The van der Waals surface area contributed by atoms with E-state index in [0.29, 0.717) is 18.1 Å². The molecule has 0 radical (unpaired) electrons. The molecule has 1 aromatic rings. The number of hydrogen-bond acceptors (Lipinski definition) is 5. The largest absolute Gasteiger partial charge is 0.442 e. The molecule has 0 aliphatic carbocycles. The lowest BCUT2D eigenvalue weighted by Crippen LogP contribution is -2.06. The van der Waals surface area contributed by atoms with E-state index < -0.39 is 10.1 Å². The van der Waals surface area contributed by atoms with E-state index in [2.05, 4.69) is 25.8 Å². The zero-order valence-corrected chi connectivity index (χ0v) is 13.6. The Morgan fingerprint density at radius 3 is 2.55 bits per heavy atom. The van der Waals surface area contributed by atoms with Crippen molar-refractivity contribution in [3.05, 3.63) is 23.4 Å². The lowest BCUT2D eigenvalue weighted by molar-refractivity contribution is 0.324. The molecule has 0 aromatic carbocycles. The van der Waals surface area contributed by atoms with Crippen LogP contribution >= 0.6 is 0 Å². The number of aryl methyl sites for hydroxylation is 1. The van der Waals surface area contributed by atoms with Gasteiger partial charge in [-0.2, -0.15) is 8.42 Å². The van der Waals surface area contributed by atoms with Crippen LogP contribution in [0.5, 0.6) is 0 Å². The third kappa shape index (κ3) is 6.86. The monoisotopic (exact) mass is 301 g/mol. The van der Waals surface area contributed by atoms with Gasteiger partial charge in [-0.3, -0.25) is 4.18 Å². The average Bonchev–Trinajstić information content (AvgIpc) is 2.56. The van der Waals surface area contributed by atoms with Gasteiger partial charge < -0.3 is 4.42 Å². The van der Waals surface area contributed by atoms with Gasteiger partial charge in [0.15, 0.2) is 0 Å². The molecule has 0 amide bonds. The number of allylic oxidation sites excluding steroid dienone is 1. The fraction of sp³-hybridized carbons (Fsp3) is 0.643. The van der Waals surface area contributed by atoms with E-state index in [1.165, 1.54) is 0 Å². The Bertz CT molecular complexity index is 564. The summed E-state index contributed by atoms with van der Waals surface area (Å²) in [4.78, 5) is 4.32. The third-order valence-corrected chi connectivity index (χ3v) is 3.13. The molecule has 0 aliphatic rings. The van der Waals surface area contributed by atoms with Gasteiger partial charge >= 0.3 is 0 Å². The van der Waals surface area contributed by atoms with E-state index in [1.807, 2.05) is 19.1 Å². The normalized spacial score (nSPS) is 13.2. The molecule has 114 valence electrons. The summed E-state index contributed by atoms with van der Waals surface area (Å²) < 4.78 is 31.9. The molecular formula is C14H23NO4S. The predicted molar refractivity (Wildman–Crippen MR) is 78.8 cm³/mol. The number of nitrogens with zero attached hydrogens (tertiary/aromatic N) is 1. The third-order valence-electron chi connectivity index (χ3n) is 2.54. The van der Waals surface area contributed by atoms with Crippen LogP contribution in [0.25, 0.3) is 6.08 Å². The molecule has 1 rings (SSSR count). The van der Waals surface area contributed by atoms with Crippen LogP contribution in [0.4, 0.5) is 0 Å². The van der Waals surface area contributed by atoms with E-state index in [-0.39, 0.29) is 12.0 Å². The van der Waals surface area contributed by atoms with Crippen molar-refractivity contribution in [2.75, 3.05) is 12.9 Å². The lowest BCUT2D eigenvalue weighted by Gasteiger charge is -2.13. The van der Waals surface area contributed by atoms with Gasteiger partial charge in [0, 0.05) is 6.42 Å². The van der Waals surface area contributed by atoms with Gasteiger partial charge in [-0.15, -0.1) is 0 Å². The first kappa shape index (κ1) is 16.9. The Kier molecular flexibility index (Phi) is 5.53. The smallest absolute Gasteiger partial charge is 0.264 e. The van der Waals surface area contributed by atoms with E-state index >= 15 is 0 Å². The molecule has 0 bridgehead atoms. The lowest BCUT2D eigenvalue weighted by atomic mass is 9.92. The van der Waals surface area contributed by atoms with Crippen LogP contribution in [-0.4, -0.2) is 26.3 Å². The van der Waals surface area contributed by atoms with Crippen LogP contribution in [0.1, 0.15) is 44.5 Å². The summed E-state index contributed by atoms with van der Waals surface area (Å²) >= 11 is 0. The first-order valence-electron chi connectivity index (χ1n) is 6.54. The van der Waals surface area contributed by atoms with Crippen molar-refractivity contribution in [3.63, 3.8) is 0 Å². The molecule has 0 aliphatic heterocycles. The Hall–Kier alpha value is -1.14. The van der Waals surface area contributed by atoms with Crippen molar-refractivity contribution in [1.82, 2.24) is 4.98 Å². The summed E-state index contributed by atoms with van der Waals surface area (Å²) in [6.45, 7) is 8.37. The maximum Gasteiger partial charge on any atom is 0.264 e. The maximum absolute atomic E-state index is 10.9. The topological polar surface area (TPSA) is 69.4 Å². The fourth-order valence-corrected chi connectivity index (χ4v) is 1.94. The molecule has 0 saturated heterocycles. The summed E-state index contributed by atoms with van der Waals surface area (Å²) in [6.07, 6.45) is 6.25. The Morgan fingerprint density at radius 1 is 1.35 bits per heavy atom. The number of aromatic nitrogens is 1. The van der Waals surface area contributed by atoms with Crippen LogP contribution in [0.3, 0.4) is 0 Å². The second-order valence-electron chi connectivity index (χ2n) is 6.00. The molecule has 0 N–H and O–H groups in total. The van der Waals surface area contributed by atoms with E-state index in [9.17, 15) is 8.42 Å². The van der Waals surface area contributed by atoms with Crippen LogP contribution in [0.2, 0.25) is 0 Å². The Balaban J connectivity index is 2.59. The number of oxazole rings is 1. The molecule has 20 heavy (non-hydrogen) atoms. The number of hydrogen-bond donors (Lipinski definition) is 0. The second-order valence-corrected chi connectivity index (χ2v) is 7.64. The van der Waals surface area contributed by atoms with Gasteiger partial charge in [-0.1, -0.05) is 26.8 Å². The molecule has 0 saturated carbocycles. The number of rotatable bonds is 6. The van der Waals surface area contributed by atoms with Crippen LogP contribution < -0.4 is 0 Å². The van der Waals surface area contributed by atoms with Crippen molar-refractivity contribution < 1.29 is 17.0 Å². The average molecular weight is 301 g/mol. The Morgan fingerprint density at radius 2 is 2.00 bits per heavy atom. The maximum atomic E-state index is 10.9. The van der Waals surface area contributed by atoms with Gasteiger partial charge in [0.1, 0.15) is 5.76 Å². The minimum atomic E-state index is -3.40. The first-order valence-corrected chi connectivity index (χ1v) is 8.36. The summed E-state index contributed by atoms with van der Waals surface area (Å²) in [7, 11) is -3.40. The Labute approximate surface area is 121 Å². The fourth-order valence-electron chi connectivity index (χ4n) is 1.56. The van der Waals surface area contributed by atoms with Crippen LogP contribution in [0, 0.1) is 12.3 Å². The minimum Gasteiger partial charge on any atom is -0.442 e. The highest BCUT2D eigenvalue weighted by atomic mass is 32.2. The molecule has 0 fully saturated rings. The zero-order chi connectivity index (χ0) is 15.4. The van der Waals surface area contributed by atoms with E-state index in [1.54, 1.807) is 0 Å². The van der Waals surface area contributed by atoms with Crippen LogP contribution in [-0.2, 0) is 20.7 Å². The van der Waals surface area contributed by atoms with Gasteiger partial charge in [-0.05, 0) is 24.8 Å². The summed E-state index contributed by atoms with van der Waals surface area (Å²) in [5.74, 6) is 1.23. The molecule has 0 atom stereocenters. The summed E-state index contributed by atoms with van der Waals surface area (Å²) in [5, 5.41) is 0. The van der Waals surface area contributed by atoms with E-state index in [0.717, 1.165) is 18.4 Å². The highest BCUT2D eigenvalue weighted by Gasteiger charge is 2.10. The minimum absolute atomic E-state index is 0.0807. The summed E-state index contributed by atoms with van der Waals surface area (Å²) in [5.41, 5.74) is 0.952. The first-order chi connectivity index (χ1) is 9.07. The van der Waals surface area contributed by atoms with Gasteiger partial charge in [0.25, 0.3) is 10.1 Å². The molecule has 0 unspecified atom stereocenters. The molecule has 1 aromatic heterocycles. The van der Waals surface area contributed by atoms with Crippen molar-refractivity contribution in [2.24, 2.45) is 5.41 Å². The SMILES string of the molecule is Cc1oc(/C=C/CC(C)(C)C)nc1CCOS(C)(=O)=O. The molecule has 5 nitrogen and oxygen atoms in total. The van der Waals surface area contributed by atoms with Crippen LogP contribution in [0.15, 0.2) is 10.5 Å². The summed E-state index contributed by atoms with van der Waals surface area (Å²) in [6, 6.07) is 0. The van der Waals surface area contributed by atoms with Gasteiger partial charge in [0.05, 0.1) is 18.6 Å². The molecular weight excluding hydrogens is 278 g/mol.